The SMILES string of the molecule is COc1cc(C2CCN(CCC(F)(F)F)CC2)ccc1Nc1ncc2c(=O)c(C(N)=O)c(N)n(CC(C)C)c2n1. The van der Waals surface area contributed by atoms with Crippen molar-refractivity contribution in [1.29, 1.82) is 0 Å². The molecule has 0 saturated carbocycles. The van der Waals surface area contributed by atoms with Crippen molar-refractivity contribution in [3.05, 3.63) is 45.7 Å². The molecule has 10 nitrogen and oxygen atoms in total. The molecule has 13 heteroatoms. The number of nitrogens with one attached hydrogen (secondary N) is 1. The van der Waals surface area contributed by atoms with E-state index in [2.05, 4.69) is 15.3 Å². The third-order valence-corrected chi connectivity index (χ3v) is 7.08. The summed E-state index contributed by atoms with van der Waals surface area (Å²) in [6, 6.07) is 5.70. The number of benzene rings is 1. The number of anilines is 3. The Kier molecular flexibility index (Phi) is 8.52. The largest absolute Gasteiger partial charge is 0.495 e. The van der Waals surface area contributed by atoms with Crippen molar-refractivity contribution in [3.8, 4) is 5.75 Å². The normalized spacial score (nSPS) is 15.1. The molecular weight excluding hydrogens is 527 g/mol. The number of hydrogen-bond acceptors (Lipinski definition) is 8. The number of hydrogen-bond donors (Lipinski definition) is 3. The number of aromatic nitrogens is 3. The molecule has 1 saturated heterocycles. The van der Waals surface area contributed by atoms with Crippen molar-refractivity contribution in [2.75, 3.05) is 37.8 Å². The highest BCUT2D eigenvalue weighted by atomic mass is 19.4. The molecule has 2 aromatic heterocycles. The summed E-state index contributed by atoms with van der Waals surface area (Å²) in [4.78, 5) is 35.5. The molecule has 3 heterocycles. The van der Waals surface area contributed by atoms with Crippen LogP contribution in [0.3, 0.4) is 0 Å². The van der Waals surface area contributed by atoms with Crippen LogP contribution in [0.1, 0.15) is 54.9 Å². The van der Waals surface area contributed by atoms with Gasteiger partial charge in [-0.05, 0) is 55.5 Å². The van der Waals surface area contributed by atoms with Gasteiger partial charge in [0, 0.05) is 19.3 Å². The summed E-state index contributed by atoms with van der Waals surface area (Å²) in [5.74, 6) is 0.110. The van der Waals surface area contributed by atoms with Crippen LogP contribution in [0.4, 0.5) is 30.6 Å². The first-order chi connectivity index (χ1) is 18.9. The third kappa shape index (κ3) is 6.46. The molecule has 1 aliphatic heterocycles. The first-order valence-corrected chi connectivity index (χ1v) is 13.1. The number of nitrogen functional groups attached to an aromatic ring is 1. The Hall–Kier alpha value is -3.87. The van der Waals surface area contributed by atoms with Gasteiger partial charge in [0.25, 0.3) is 5.91 Å². The standard InChI is InChI=1S/C27H34F3N7O3/c1-15(2)14-37-23(31)21(24(32)39)22(38)18-13-33-26(35-25(18)37)34-19-5-4-17(12-20(19)40-3)16-6-9-36(10-7-16)11-8-27(28,29)30/h4-5,12-13,15-16H,6-11,14,31H2,1-3H3,(H2,32,39)(H,33,34,35). The molecule has 3 aromatic rings. The van der Waals surface area contributed by atoms with Crippen molar-refractivity contribution in [2.45, 2.75) is 51.7 Å². The lowest BCUT2D eigenvalue weighted by atomic mass is 9.89. The molecule has 1 aromatic carbocycles. The highest BCUT2D eigenvalue weighted by Gasteiger charge is 2.29. The van der Waals surface area contributed by atoms with Crippen LogP contribution in [-0.2, 0) is 6.54 Å². The van der Waals surface area contributed by atoms with Crippen molar-refractivity contribution >= 4 is 34.4 Å². The Morgan fingerprint density at radius 3 is 2.55 bits per heavy atom. The number of primary amides is 1. The van der Waals surface area contributed by atoms with Crippen molar-refractivity contribution in [1.82, 2.24) is 19.4 Å². The van der Waals surface area contributed by atoms with E-state index in [0.29, 0.717) is 31.1 Å². The number of piperidine rings is 1. The van der Waals surface area contributed by atoms with Crippen LogP contribution in [0.15, 0.2) is 29.2 Å². The predicted molar refractivity (Wildman–Crippen MR) is 147 cm³/mol. The van der Waals surface area contributed by atoms with Gasteiger partial charge in [0.1, 0.15) is 17.1 Å². The lowest BCUT2D eigenvalue weighted by Crippen LogP contribution is -2.35. The van der Waals surface area contributed by atoms with E-state index in [-0.39, 0.29) is 46.7 Å². The van der Waals surface area contributed by atoms with Crippen LogP contribution in [0.5, 0.6) is 5.75 Å². The number of alkyl halides is 3. The van der Waals surface area contributed by atoms with Gasteiger partial charge in [-0.3, -0.25) is 9.59 Å². The highest BCUT2D eigenvalue weighted by molar-refractivity contribution is 6.00. The van der Waals surface area contributed by atoms with Crippen molar-refractivity contribution < 1.29 is 22.7 Å². The van der Waals surface area contributed by atoms with Crippen LogP contribution < -0.4 is 26.9 Å². The maximum absolute atomic E-state index is 12.9. The zero-order valence-corrected chi connectivity index (χ0v) is 22.7. The van der Waals surface area contributed by atoms with E-state index in [1.807, 2.05) is 36.9 Å². The van der Waals surface area contributed by atoms with Gasteiger partial charge < -0.3 is 31.0 Å². The summed E-state index contributed by atoms with van der Waals surface area (Å²) in [5, 5.41) is 3.25. The molecule has 1 aliphatic rings. The summed E-state index contributed by atoms with van der Waals surface area (Å²) >= 11 is 0. The van der Waals surface area contributed by atoms with Crippen LogP contribution >= 0.6 is 0 Å². The van der Waals surface area contributed by atoms with Crippen LogP contribution in [-0.4, -0.2) is 58.3 Å². The zero-order valence-electron chi connectivity index (χ0n) is 22.7. The van der Waals surface area contributed by atoms with Gasteiger partial charge in [-0.15, -0.1) is 0 Å². The molecule has 1 amide bonds. The number of nitrogens with two attached hydrogens (primary N) is 2. The Balaban J connectivity index is 1.57. The Morgan fingerprint density at radius 2 is 1.95 bits per heavy atom. The summed E-state index contributed by atoms with van der Waals surface area (Å²) in [7, 11) is 1.54. The summed E-state index contributed by atoms with van der Waals surface area (Å²) < 4.78 is 44.9. The molecule has 5 N–H and O–H groups in total. The molecule has 0 aliphatic carbocycles. The number of halogens is 3. The molecule has 0 radical (unpaired) electrons. The third-order valence-electron chi connectivity index (χ3n) is 7.08. The van der Waals surface area contributed by atoms with Gasteiger partial charge in [0.15, 0.2) is 5.65 Å². The second-order valence-corrected chi connectivity index (χ2v) is 10.5. The molecule has 0 atom stereocenters. The highest BCUT2D eigenvalue weighted by Crippen LogP contribution is 2.35. The minimum Gasteiger partial charge on any atom is -0.495 e. The quantitative estimate of drug-likeness (QED) is 0.356. The zero-order chi connectivity index (χ0) is 29.2. The summed E-state index contributed by atoms with van der Waals surface area (Å²) in [6.45, 7) is 5.55. The Labute approximate surface area is 229 Å². The first kappa shape index (κ1) is 29.1. The summed E-state index contributed by atoms with van der Waals surface area (Å²) in [6.07, 6.45) is -2.10. The smallest absolute Gasteiger partial charge is 0.390 e. The lowest BCUT2D eigenvalue weighted by Gasteiger charge is -2.32. The topological polar surface area (TPSA) is 141 Å². The molecule has 1 fully saturated rings. The first-order valence-electron chi connectivity index (χ1n) is 13.1. The molecular formula is C27H34F3N7O3. The molecule has 0 unspecified atom stereocenters. The van der Waals surface area contributed by atoms with Gasteiger partial charge >= 0.3 is 6.18 Å². The predicted octanol–water partition coefficient (Wildman–Crippen LogP) is 4.01. The number of carbonyl (C=O) groups is 1. The van der Waals surface area contributed by atoms with Crippen LogP contribution in [0, 0.1) is 5.92 Å². The second-order valence-electron chi connectivity index (χ2n) is 10.5. The average Bonchev–Trinajstić information content (AvgIpc) is 2.89. The van der Waals surface area contributed by atoms with Crippen LogP contribution in [0.2, 0.25) is 0 Å². The minimum absolute atomic E-state index is 0.0225. The fourth-order valence-corrected chi connectivity index (χ4v) is 5.05. The Bertz CT molecular complexity index is 1450. The number of ether oxygens (including phenoxy) is 1. The maximum atomic E-state index is 12.9. The van der Waals surface area contributed by atoms with Gasteiger partial charge in [-0.1, -0.05) is 19.9 Å². The number of pyridine rings is 1. The average molecular weight is 562 g/mol. The minimum atomic E-state index is -4.15. The van der Waals surface area contributed by atoms with Crippen molar-refractivity contribution in [2.24, 2.45) is 11.7 Å². The van der Waals surface area contributed by atoms with E-state index in [9.17, 15) is 22.8 Å². The van der Waals surface area contributed by atoms with Gasteiger partial charge in [-0.25, -0.2) is 4.98 Å². The fourth-order valence-electron chi connectivity index (χ4n) is 5.05. The molecule has 0 bridgehead atoms. The number of fused-ring (bicyclic) bond motifs is 1. The number of methoxy groups -OCH3 is 1. The maximum Gasteiger partial charge on any atom is 0.390 e. The van der Waals surface area contributed by atoms with Crippen molar-refractivity contribution in [3.63, 3.8) is 0 Å². The number of likely N-dealkylation sites (tertiary alicyclic amines) is 1. The summed E-state index contributed by atoms with van der Waals surface area (Å²) in [5.41, 5.74) is 12.6. The number of nitrogens with zero attached hydrogens (tertiary/aromatic N) is 4. The number of amides is 1. The van der Waals surface area contributed by atoms with Gasteiger partial charge in [-0.2, -0.15) is 18.2 Å². The molecule has 4 rings (SSSR count). The van der Waals surface area contributed by atoms with Gasteiger partial charge in [0.05, 0.1) is 24.6 Å². The van der Waals surface area contributed by atoms with E-state index < -0.39 is 23.9 Å². The van der Waals surface area contributed by atoms with Crippen LogP contribution in [0.25, 0.3) is 11.0 Å². The number of rotatable bonds is 9. The van der Waals surface area contributed by atoms with Gasteiger partial charge in [0.2, 0.25) is 11.4 Å². The fraction of sp³-hybridized carbons (Fsp3) is 0.481. The van der Waals surface area contributed by atoms with E-state index in [4.69, 9.17) is 16.2 Å². The number of carbonyl (C=O) groups excluding carboxylic acids is 1. The Morgan fingerprint density at radius 1 is 1.25 bits per heavy atom. The van der Waals surface area contributed by atoms with E-state index in [1.54, 1.807) is 4.57 Å². The monoisotopic (exact) mass is 561 g/mol. The second kappa shape index (κ2) is 11.7. The molecule has 0 spiro atoms. The van der Waals surface area contributed by atoms with E-state index in [0.717, 1.165) is 18.4 Å². The van der Waals surface area contributed by atoms with E-state index in [1.165, 1.54) is 13.3 Å². The van der Waals surface area contributed by atoms with E-state index >= 15 is 0 Å². The lowest BCUT2D eigenvalue weighted by molar-refractivity contribution is -0.138. The molecule has 216 valence electrons. The molecule has 40 heavy (non-hydrogen) atoms.